The van der Waals surface area contributed by atoms with Gasteiger partial charge in [-0.1, -0.05) is 24.3 Å². The van der Waals surface area contributed by atoms with E-state index in [1.165, 1.54) is 12.1 Å². The molecule has 5 heteroatoms. The van der Waals surface area contributed by atoms with Gasteiger partial charge < -0.3 is 5.32 Å². The van der Waals surface area contributed by atoms with E-state index < -0.39 is 0 Å². The molecule has 0 unspecified atom stereocenters. The fourth-order valence-corrected chi connectivity index (χ4v) is 2.29. The molecule has 0 aliphatic carbocycles. The maximum Gasteiger partial charge on any atom is 0.233 e. The number of hydrogen-bond donors (Lipinski definition) is 1. The van der Waals surface area contributed by atoms with Gasteiger partial charge in [-0.25, -0.2) is 4.39 Å². The molecule has 0 heterocycles. The molecule has 0 aliphatic heterocycles. The van der Waals surface area contributed by atoms with E-state index in [1.54, 1.807) is 25.2 Å². The summed E-state index contributed by atoms with van der Waals surface area (Å²) >= 11 is 0. The molecule has 2 aromatic rings. The van der Waals surface area contributed by atoms with Gasteiger partial charge in [0.25, 0.3) is 0 Å². The third kappa shape index (κ3) is 5.20. The minimum Gasteiger partial charge on any atom is -0.358 e. The third-order valence-electron chi connectivity index (χ3n) is 3.43. The highest BCUT2D eigenvalue weighted by Gasteiger charge is 2.12. The maximum atomic E-state index is 13.3. The quantitative estimate of drug-likeness (QED) is 0.891. The summed E-state index contributed by atoms with van der Waals surface area (Å²) in [5.41, 5.74) is 2.39. The predicted molar refractivity (Wildman–Crippen MR) is 85.7 cm³/mol. The van der Waals surface area contributed by atoms with Gasteiger partial charge in [0.2, 0.25) is 5.91 Å². The van der Waals surface area contributed by atoms with Gasteiger partial charge in [0, 0.05) is 20.1 Å². The summed E-state index contributed by atoms with van der Waals surface area (Å²) in [5.74, 6) is -0.393. The van der Waals surface area contributed by atoms with Crippen molar-refractivity contribution in [1.82, 2.24) is 10.2 Å². The molecule has 0 aromatic heterocycles. The van der Waals surface area contributed by atoms with Gasteiger partial charge in [-0.05, 0) is 35.4 Å². The fourth-order valence-electron chi connectivity index (χ4n) is 2.29. The lowest BCUT2D eigenvalue weighted by molar-refractivity contribution is -0.122. The molecule has 118 valence electrons. The van der Waals surface area contributed by atoms with E-state index >= 15 is 0 Å². The lowest BCUT2D eigenvalue weighted by Gasteiger charge is -2.21. The van der Waals surface area contributed by atoms with Crippen molar-refractivity contribution < 1.29 is 9.18 Å². The van der Waals surface area contributed by atoms with Crippen LogP contribution in [0, 0.1) is 17.1 Å². The molecule has 0 fully saturated rings. The van der Waals surface area contributed by atoms with Gasteiger partial charge in [-0.2, -0.15) is 5.26 Å². The molecular formula is C18H18FN3O. The minimum atomic E-state index is -0.291. The van der Waals surface area contributed by atoms with Crippen LogP contribution in [0.25, 0.3) is 0 Å². The number of rotatable bonds is 6. The zero-order chi connectivity index (χ0) is 16.7. The Morgan fingerprint density at radius 2 is 1.87 bits per heavy atom. The van der Waals surface area contributed by atoms with Crippen LogP contribution in [0.3, 0.4) is 0 Å². The van der Waals surface area contributed by atoms with E-state index in [2.05, 4.69) is 11.4 Å². The number of carbonyl (C=O) groups is 1. The number of likely N-dealkylation sites (N-methyl/N-ethyl adjacent to an activating group) is 1. The van der Waals surface area contributed by atoms with E-state index in [-0.39, 0.29) is 18.3 Å². The van der Waals surface area contributed by atoms with Gasteiger partial charge >= 0.3 is 0 Å². The third-order valence-corrected chi connectivity index (χ3v) is 3.43. The second kappa shape index (κ2) is 8.06. The molecule has 0 bridgehead atoms. The standard InChI is InChI=1S/C18H18FN3O/c1-21-18(23)13-22(12-16-3-2-4-17(19)9-16)11-15-7-5-14(10-20)6-8-15/h2-9H,11-13H2,1H3,(H,21,23). The number of nitriles is 1. The monoisotopic (exact) mass is 311 g/mol. The summed E-state index contributed by atoms with van der Waals surface area (Å²) in [6.45, 7) is 1.22. The normalized spacial score (nSPS) is 10.3. The molecule has 0 saturated carbocycles. The minimum absolute atomic E-state index is 0.102. The Bertz CT molecular complexity index is 707. The van der Waals surface area contributed by atoms with Crippen LogP contribution < -0.4 is 5.32 Å². The summed E-state index contributed by atoms with van der Waals surface area (Å²) in [7, 11) is 1.59. The highest BCUT2D eigenvalue weighted by atomic mass is 19.1. The molecule has 2 rings (SSSR count). The van der Waals surface area contributed by atoms with Crippen LogP contribution in [-0.2, 0) is 17.9 Å². The van der Waals surface area contributed by atoms with Crippen molar-refractivity contribution in [2.45, 2.75) is 13.1 Å². The SMILES string of the molecule is CNC(=O)CN(Cc1ccc(C#N)cc1)Cc1cccc(F)c1. The number of nitrogens with one attached hydrogen (secondary N) is 1. The van der Waals surface area contributed by atoms with Crippen molar-refractivity contribution in [2.75, 3.05) is 13.6 Å². The second-order valence-electron chi connectivity index (χ2n) is 5.26. The Labute approximate surface area is 135 Å². The highest BCUT2D eigenvalue weighted by Crippen LogP contribution is 2.12. The average Bonchev–Trinajstić information content (AvgIpc) is 2.55. The van der Waals surface area contributed by atoms with E-state index in [4.69, 9.17) is 5.26 Å². The summed E-state index contributed by atoms with van der Waals surface area (Å²) in [6, 6.07) is 15.6. The van der Waals surface area contributed by atoms with E-state index in [1.807, 2.05) is 23.1 Å². The van der Waals surface area contributed by atoms with Gasteiger partial charge in [-0.3, -0.25) is 9.69 Å². The number of carbonyl (C=O) groups excluding carboxylic acids is 1. The molecule has 0 radical (unpaired) electrons. The predicted octanol–water partition coefficient (Wildman–Crippen LogP) is 2.45. The largest absolute Gasteiger partial charge is 0.358 e. The van der Waals surface area contributed by atoms with Crippen LogP contribution in [0.1, 0.15) is 16.7 Å². The van der Waals surface area contributed by atoms with Crippen molar-refractivity contribution >= 4 is 5.91 Å². The smallest absolute Gasteiger partial charge is 0.233 e. The summed E-state index contributed by atoms with van der Waals surface area (Å²) < 4.78 is 13.3. The van der Waals surface area contributed by atoms with Crippen LogP contribution in [-0.4, -0.2) is 24.4 Å². The molecule has 1 N–H and O–H groups in total. The average molecular weight is 311 g/mol. The van der Waals surface area contributed by atoms with Crippen molar-refractivity contribution in [3.05, 3.63) is 71.0 Å². The van der Waals surface area contributed by atoms with Crippen molar-refractivity contribution in [3.8, 4) is 6.07 Å². The lowest BCUT2D eigenvalue weighted by Crippen LogP contribution is -2.34. The Kier molecular flexibility index (Phi) is 5.84. The molecular weight excluding hydrogens is 293 g/mol. The Balaban J connectivity index is 2.12. The number of halogens is 1. The van der Waals surface area contributed by atoms with Crippen LogP contribution in [0.2, 0.25) is 0 Å². The van der Waals surface area contributed by atoms with E-state index in [0.717, 1.165) is 11.1 Å². The number of nitrogens with zero attached hydrogens (tertiary/aromatic N) is 2. The van der Waals surface area contributed by atoms with E-state index in [9.17, 15) is 9.18 Å². The zero-order valence-electron chi connectivity index (χ0n) is 12.9. The first kappa shape index (κ1) is 16.7. The summed E-state index contributed by atoms with van der Waals surface area (Å²) in [6.07, 6.45) is 0. The summed E-state index contributed by atoms with van der Waals surface area (Å²) in [4.78, 5) is 13.6. The first-order valence-electron chi connectivity index (χ1n) is 7.27. The van der Waals surface area contributed by atoms with Gasteiger partial charge in [0.05, 0.1) is 18.2 Å². The number of benzene rings is 2. The van der Waals surface area contributed by atoms with E-state index in [0.29, 0.717) is 18.7 Å². The van der Waals surface area contributed by atoms with Crippen molar-refractivity contribution in [1.29, 1.82) is 5.26 Å². The highest BCUT2D eigenvalue weighted by molar-refractivity contribution is 5.77. The molecule has 1 amide bonds. The first-order chi connectivity index (χ1) is 11.1. The number of hydrogen-bond acceptors (Lipinski definition) is 3. The van der Waals surface area contributed by atoms with Crippen LogP contribution >= 0.6 is 0 Å². The summed E-state index contributed by atoms with van der Waals surface area (Å²) in [5, 5.41) is 11.4. The zero-order valence-corrected chi connectivity index (χ0v) is 12.9. The molecule has 0 aliphatic rings. The molecule has 2 aromatic carbocycles. The second-order valence-corrected chi connectivity index (χ2v) is 5.26. The molecule has 23 heavy (non-hydrogen) atoms. The molecule has 0 saturated heterocycles. The molecule has 0 spiro atoms. The molecule has 4 nitrogen and oxygen atoms in total. The number of amides is 1. The first-order valence-corrected chi connectivity index (χ1v) is 7.27. The van der Waals surface area contributed by atoms with Gasteiger partial charge in [-0.15, -0.1) is 0 Å². The lowest BCUT2D eigenvalue weighted by atomic mass is 10.1. The van der Waals surface area contributed by atoms with Gasteiger partial charge in [0.15, 0.2) is 0 Å². The Morgan fingerprint density at radius 3 is 2.48 bits per heavy atom. The Morgan fingerprint density at radius 1 is 1.17 bits per heavy atom. The van der Waals surface area contributed by atoms with Crippen LogP contribution in [0.5, 0.6) is 0 Å². The maximum absolute atomic E-state index is 13.3. The van der Waals surface area contributed by atoms with Crippen LogP contribution in [0.4, 0.5) is 4.39 Å². The van der Waals surface area contributed by atoms with Gasteiger partial charge in [0.1, 0.15) is 5.82 Å². The fraction of sp³-hybridized carbons (Fsp3) is 0.222. The van der Waals surface area contributed by atoms with Crippen molar-refractivity contribution in [3.63, 3.8) is 0 Å². The topological polar surface area (TPSA) is 56.1 Å². The molecule has 0 atom stereocenters. The van der Waals surface area contributed by atoms with Crippen molar-refractivity contribution in [2.24, 2.45) is 0 Å². The van der Waals surface area contributed by atoms with Crippen LogP contribution in [0.15, 0.2) is 48.5 Å². The Hall–Kier alpha value is -2.71.